The van der Waals surface area contributed by atoms with Gasteiger partial charge in [-0.05, 0) is 68.4 Å². The lowest BCUT2D eigenvalue weighted by molar-refractivity contribution is -0.135. The van der Waals surface area contributed by atoms with Crippen LogP contribution in [0.15, 0.2) is 53.5 Å². The second-order valence-electron chi connectivity index (χ2n) is 16.2. The molecule has 1 unspecified atom stereocenters. The Morgan fingerprint density at radius 2 is 1.72 bits per heavy atom. The summed E-state index contributed by atoms with van der Waals surface area (Å²) in [5.74, 6) is 0.509. The number of imidazole rings is 2. The first-order valence-corrected chi connectivity index (χ1v) is 20.3. The molecule has 3 amide bonds. The Kier molecular flexibility index (Phi) is 8.68. The lowest BCUT2D eigenvalue weighted by Crippen LogP contribution is -2.48. The summed E-state index contributed by atoms with van der Waals surface area (Å²) in [5, 5.41) is 13.7. The average molecular weight is 773 g/mol. The largest absolute Gasteiger partial charge is 0.385 e. The number of aromatic nitrogens is 5. The minimum absolute atomic E-state index is 0.140. The molecule has 1 aliphatic carbocycles. The Morgan fingerprint density at radius 1 is 0.895 bits per heavy atom. The maximum absolute atomic E-state index is 13.3. The van der Waals surface area contributed by atoms with Crippen LogP contribution in [0.4, 0.5) is 28.6 Å². The maximum atomic E-state index is 13.3. The summed E-state index contributed by atoms with van der Waals surface area (Å²) in [7, 11) is 3.61. The molecule has 2 atom stereocenters. The van der Waals surface area contributed by atoms with Crippen molar-refractivity contribution in [1.29, 1.82) is 0 Å². The second-order valence-corrected chi connectivity index (χ2v) is 16.2. The predicted octanol–water partition coefficient (Wildman–Crippen LogP) is 2.64. The molecule has 2 aromatic carbocycles. The Labute approximate surface area is 329 Å². The number of nitrogens with zero attached hydrogens (tertiary/aromatic N) is 9. The van der Waals surface area contributed by atoms with Crippen LogP contribution in [0.3, 0.4) is 0 Å². The first-order chi connectivity index (χ1) is 27.7. The summed E-state index contributed by atoms with van der Waals surface area (Å²) in [6.45, 7) is 7.64. The fourth-order valence-corrected chi connectivity index (χ4v) is 9.40. The first-order valence-electron chi connectivity index (χ1n) is 20.3. The molecule has 4 fully saturated rings. The first kappa shape index (κ1) is 35.5. The van der Waals surface area contributed by atoms with Gasteiger partial charge in [-0.2, -0.15) is 0 Å². The van der Waals surface area contributed by atoms with Crippen LogP contribution in [-0.2, 0) is 23.1 Å². The molecule has 5 aliphatic rings. The van der Waals surface area contributed by atoms with Crippen LogP contribution in [0, 0.1) is 5.92 Å². The van der Waals surface area contributed by atoms with Crippen molar-refractivity contribution in [3.05, 3.63) is 70.4 Å². The molecule has 16 heteroatoms. The molecule has 5 aromatic rings. The molecule has 7 heterocycles. The fraction of sp³-hybridized carbons (Fsp3) is 0.463. The minimum Gasteiger partial charge on any atom is -0.385 e. The van der Waals surface area contributed by atoms with E-state index >= 15 is 0 Å². The van der Waals surface area contributed by atoms with Crippen LogP contribution >= 0.6 is 0 Å². The van der Waals surface area contributed by atoms with Gasteiger partial charge in [-0.25, -0.2) is 14.3 Å². The van der Waals surface area contributed by atoms with Crippen LogP contribution in [0.25, 0.3) is 16.7 Å². The molecular formula is C41H48N12O4. The maximum Gasteiger partial charge on any atom is 0.329 e. The number of carbonyl (C=O) groups is 3. The highest BCUT2D eigenvalue weighted by molar-refractivity contribution is 6.00. The quantitative estimate of drug-likeness (QED) is 0.189. The molecule has 0 radical (unpaired) electrons. The van der Waals surface area contributed by atoms with Crippen molar-refractivity contribution in [3.8, 4) is 0 Å². The molecule has 0 spiro atoms. The number of hydrogen-bond donors (Lipinski definition) is 3. The van der Waals surface area contributed by atoms with Crippen molar-refractivity contribution < 1.29 is 14.4 Å². The van der Waals surface area contributed by atoms with E-state index in [-0.39, 0.29) is 30.0 Å². The SMILES string of the molecule is CNc1cc(N2CCc3c(N4CC[C@@H](CN5CCN(c6ccc7c(c6)n(C)c(=O)n7C6CCC(=O)NC6=O)CC5)C4)cccc32)nn2c(C(=O)NC3CC3)cnc12. The number of rotatable bonds is 9. The van der Waals surface area contributed by atoms with Crippen molar-refractivity contribution in [2.45, 2.75) is 50.6 Å². The number of nitrogens with one attached hydrogen (secondary N) is 3. The molecule has 10 rings (SSSR count). The number of amides is 3. The number of anilines is 5. The summed E-state index contributed by atoms with van der Waals surface area (Å²) >= 11 is 0. The number of piperidine rings is 1. The minimum atomic E-state index is -0.688. The summed E-state index contributed by atoms with van der Waals surface area (Å²) in [5.41, 5.74) is 8.03. The number of benzene rings is 2. The van der Waals surface area contributed by atoms with Gasteiger partial charge in [0.1, 0.15) is 6.04 Å². The lowest BCUT2D eigenvalue weighted by atomic mass is 10.1. The highest BCUT2D eigenvalue weighted by Crippen LogP contribution is 2.41. The number of imide groups is 1. The average Bonchev–Trinajstić information content (AvgIpc) is 3.52. The third-order valence-corrected chi connectivity index (χ3v) is 12.6. The van der Waals surface area contributed by atoms with E-state index in [2.05, 4.69) is 64.8 Å². The van der Waals surface area contributed by atoms with Gasteiger partial charge in [0.15, 0.2) is 17.2 Å². The number of piperazine rings is 1. The molecule has 0 bridgehead atoms. The second kappa shape index (κ2) is 13.9. The van der Waals surface area contributed by atoms with Gasteiger partial charge in [0.25, 0.3) is 5.91 Å². The Morgan fingerprint density at radius 3 is 2.51 bits per heavy atom. The van der Waals surface area contributed by atoms with E-state index in [0.29, 0.717) is 29.2 Å². The third-order valence-electron chi connectivity index (χ3n) is 12.6. The lowest BCUT2D eigenvalue weighted by Gasteiger charge is -2.37. The van der Waals surface area contributed by atoms with E-state index in [1.54, 1.807) is 22.3 Å². The van der Waals surface area contributed by atoms with Crippen molar-refractivity contribution >= 4 is 63.0 Å². The highest BCUT2D eigenvalue weighted by atomic mass is 16.2. The summed E-state index contributed by atoms with van der Waals surface area (Å²) in [6.07, 6.45) is 6.26. The van der Waals surface area contributed by atoms with E-state index in [4.69, 9.17) is 5.10 Å². The number of hydrogen-bond acceptors (Lipinski definition) is 11. The normalized spacial score (nSPS) is 21.5. The van der Waals surface area contributed by atoms with Crippen LogP contribution < -0.4 is 36.3 Å². The molecule has 3 aromatic heterocycles. The molecular weight excluding hydrogens is 725 g/mol. The van der Waals surface area contributed by atoms with Gasteiger partial charge in [-0.15, -0.1) is 5.10 Å². The van der Waals surface area contributed by atoms with Crippen molar-refractivity contribution in [2.75, 3.05) is 79.4 Å². The molecule has 57 heavy (non-hydrogen) atoms. The predicted molar refractivity (Wildman–Crippen MR) is 218 cm³/mol. The fourth-order valence-electron chi connectivity index (χ4n) is 9.40. The van der Waals surface area contributed by atoms with Crippen LogP contribution in [0.1, 0.15) is 54.2 Å². The van der Waals surface area contributed by atoms with Gasteiger partial charge in [0.05, 0.1) is 22.9 Å². The zero-order valence-electron chi connectivity index (χ0n) is 32.4. The van der Waals surface area contributed by atoms with E-state index < -0.39 is 11.9 Å². The Hall–Kier alpha value is -5.90. The molecule has 4 aliphatic heterocycles. The molecule has 3 N–H and O–H groups in total. The Balaban J connectivity index is 0.792. The van der Waals surface area contributed by atoms with Gasteiger partial charge >= 0.3 is 5.69 Å². The van der Waals surface area contributed by atoms with Gasteiger partial charge in [0.2, 0.25) is 11.8 Å². The summed E-state index contributed by atoms with van der Waals surface area (Å²) in [6, 6.07) is 14.2. The van der Waals surface area contributed by atoms with E-state index in [1.165, 1.54) is 15.8 Å². The van der Waals surface area contributed by atoms with Crippen LogP contribution in [-0.4, -0.2) is 112 Å². The topological polar surface area (TPSA) is 157 Å². The van der Waals surface area contributed by atoms with Gasteiger partial charge in [-0.1, -0.05) is 6.07 Å². The van der Waals surface area contributed by atoms with Crippen molar-refractivity contribution in [3.63, 3.8) is 0 Å². The smallest absolute Gasteiger partial charge is 0.329 e. The number of aryl methyl sites for hydroxylation is 1. The Bertz CT molecular complexity index is 2490. The van der Waals surface area contributed by atoms with Gasteiger partial charge in [-0.3, -0.25) is 33.7 Å². The van der Waals surface area contributed by atoms with E-state index in [9.17, 15) is 19.2 Å². The van der Waals surface area contributed by atoms with Gasteiger partial charge in [0, 0.05) is 108 Å². The van der Waals surface area contributed by atoms with Crippen molar-refractivity contribution in [1.82, 2.24) is 39.3 Å². The standard InChI is InChI=1S/C41H48N12O4/c1-42-29-21-36(46-53-35(22-43-38(29)53)40(56)44-26-6-7-26)51-15-13-28-30(4-3-5-31(28)51)50-14-12-25(24-50)23-48-16-18-49(19-17-48)27-8-9-32-34(20-27)47(2)41(57)52(32)33-10-11-37(54)45-39(33)55/h3-5,8-9,20-22,25-26,33,42H,6-7,10-19,23-24H2,1-2H3,(H,44,56)(H,45,54,55)/t25-,33?/m0/s1. The third kappa shape index (κ3) is 6.26. The van der Waals surface area contributed by atoms with Crippen LogP contribution in [0.2, 0.25) is 0 Å². The number of carbonyl (C=O) groups excluding carboxylic acids is 3. The van der Waals surface area contributed by atoms with Gasteiger partial charge < -0.3 is 25.3 Å². The van der Waals surface area contributed by atoms with Crippen LogP contribution in [0.5, 0.6) is 0 Å². The zero-order chi connectivity index (χ0) is 38.9. The summed E-state index contributed by atoms with van der Waals surface area (Å²) < 4.78 is 4.82. The molecule has 1 saturated carbocycles. The molecule has 16 nitrogen and oxygen atoms in total. The van der Waals surface area contributed by atoms with E-state index in [1.807, 2.05) is 25.2 Å². The molecule has 296 valence electrons. The molecule has 3 saturated heterocycles. The number of fused-ring (bicyclic) bond motifs is 3. The highest BCUT2D eigenvalue weighted by Gasteiger charge is 2.34. The monoisotopic (exact) mass is 772 g/mol. The van der Waals surface area contributed by atoms with E-state index in [0.717, 1.165) is 106 Å². The zero-order valence-corrected chi connectivity index (χ0v) is 32.4. The van der Waals surface area contributed by atoms with Crippen molar-refractivity contribution in [2.24, 2.45) is 13.0 Å². The summed E-state index contributed by atoms with van der Waals surface area (Å²) in [4.78, 5) is 65.0.